The number of carbonyl (C=O) groups is 1. The van der Waals surface area contributed by atoms with E-state index in [4.69, 9.17) is 0 Å². The molecule has 0 bridgehead atoms. The minimum Gasteiger partial charge on any atom is -0.351 e. The molecule has 0 unspecified atom stereocenters. The lowest BCUT2D eigenvalue weighted by atomic mass is 10.1. The summed E-state index contributed by atoms with van der Waals surface area (Å²) in [6.45, 7) is 7.32. The van der Waals surface area contributed by atoms with Crippen LogP contribution in [0.3, 0.4) is 0 Å². The van der Waals surface area contributed by atoms with Gasteiger partial charge in [-0.25, -0.2) is 4.39 Å². The van der Waals surface area contributed by atoms with Crippen LogP contribution < -0.4 is 10.6 Å². The molecule has 1 aromatic rings. The molecule has 6 heteroatoms. The minimum atomic E-state index is -0.229. The molecule has 0 aliphatic carbocycles. The number of halogens is 2. The number of nitrogens with one attached hydrogen (secondary N) is 2. The average Bonchev–Trinajstić information content (AvgIpc) is 2.43. The Morgan fingerprint density at radius 2 is 2.29 bits per heavy atom. The van der Waals surface area contributed by atoms with Crippen LogP contribution in [0.15, 0.2) is 18.2 Å². The van der Waals surface area contributed by atoms with E-state index in [1.807, 2.05) is 6.07 Å². The maximum atomic E-state index is 13.4. The van der Waals surface area contributed by atoms with Crippen molar-refractivity contribution in [1.29, 1.82) is 0 Å². The Morgan fingerprint density at radius 1 is 1.52 bits per heavy atom. The normalized spacial score (nSPS) is 18.9. The zero-order valence-corrected chi connectivity index (χ0v) is 13.3. The van der Waals surface area contributed by atoms with Gasteiger partial charge in [-0.05, 0) is 31.0 Å². The van der Waals surface area contributed by atoms with Crippen LogP contribution in [0.5, 0.6) is 0 Å². The van der Waals surface area contributed by atoms with Crippen LogP contribution in [0.25, 0.3) is 0 Å². The summed E-state index contributed by atoms with van der Waals surface area (Å²) in [7, 11) is 0. The summed E-state index contributed by atoms with van der Waals surface area (Å²) >= 11 is 0. The van der Waals surface area contributed by atoms with Gasteiger partial charge in [0.05, 0.1) is 6.54 Å². The Hall–Kier alpha value is -1.17. The number of piperazine rings is 1. The van der Waals surface area contributed by atoms with Crippen LogP contribution in [-0.2, 0) is 11.3 Å². The first-order chi connectivity index (χ1) is 9.56. The SMILES string of the molecule is Cc1ccc(CNC(=O)CN2CCNC[C@@H]2C)cc1F.Cl. The number of aryl methyl sites for hydroxylation is 1. The summed E-state index contributed by atoms with van der Waals surface area (Å²) < 4.78 is 13.4. The lowest BCUT2D eigenvalue weighted by Crippen LogP contribution is -2.52. The van der Waals surface area contributed by atoms with Crippen molar-refractivity contribution in [3.63, 3.8) is 0 Å². The van der Waals surface area contributed by atoms with E-state index in [-0.39, 0.29) is 24.1 Å². The van der Waals surface area contributed by atoms with Gasteiger partial charge in [-0.15, -0.1) is 12.4 Å². The number of benzene rings is 1. The van der Waals surface area contributed by atoms with E-state index >= 15 is 0 Å². The summed E-state index contributed by atoms with van der Waals surface area (Å²) in [6, 6.07) is 5.41. The third-order valence-corrected chi connectivity index (χ3v) is 3.71. The highest BCUT2D eigenvalue weighted by molar-refractivity contribution is 5.85. The number of amides is 1. The van der Waals surface area contributed by atoms with Gasteiger partial charge in [0, 0.05) is 32.2 Å². The molecule has 1 amide bonds. The zero-order valence-electron chi connectivity index (χ0n) is 12.5. The number of hydrogen-bond donors (Lipinski definition) is 2. The molecule has 1 heterocycles. The van der Waals surface area contributed by atoms with Crippen molar-refractivity contribution >= 4 is 18.3 Å². The van der Waals surface area contributed by atoms with E-state index in [9.17, 15) is 9.18 Å². The van der Waals surface area contributed by atoms with Crippen molar-refractivity contribution in [1.82, 2.24) is 15.5 Å². The molecule has 1 atom stereocenters. The first kappa shape index (κ1) is 17.9. The van der Waals surface area contributed by atoms with Gasteiger partial charge in [-0.3, -0.25) is 9.69 Å². The van der Waals surface area contributed by atoms with Gasteiger partial charge in [0.15, 0.2) is 0 Å². The second-order valence-corrected chi connectivity index (χ2v) is 5.38. The smallest absolute Gasteiger partial charge is 0.234 e. The molecule has 21 heavy (non-hydrogen) atoms. The second-order valence-electron chi connectivity index (χ2n) is 5.38. The molecule has 1 aliphatic rings. The Bertz CT molecular complexity index is 484. The summed E-state index contributed by atoms with van der Waals surface area (Å²) in [4.78, 5) is 14.1. The Kier molecular flexibility index (Phi) is 7.08. The van der Waals surface area contributed by atoms with E-state index in [0.29, 0.717) is 24.7 Å². The van der Waals surface area contributed by atoms with Gasteiger partial charge in [0.2, 0.25) is 5.91 Å². The van der Waals surface area contributed by atoms with E-state index < -0.39 is 0 Å². The average molecular weight is 316 g/mol. The van der Waals surface area contributed by atoms with Crippen LogP contribution in [0.2, 0.25) is 0 Å². The molecule has 1 saturated heterocycles. The Balaban J connectivity index is 0.00000220. The van der Waals surface area contributed by atoms with Crippen molar-refractivity contribution in [2.45, 2.75) is 26.4 Å². The van der Waals surface area contributed by atoms with Gasteiger partial charge in [0.1, 0.15) is 5.82 Å². The van der Waals surface area contributed by atoms with E-state index in [1.165, 1.54) is 6.07 Å². The van der Waals surface area contributed by atoms with Crippen molar-refractivity contribution in [2.75, 3.05) is 26.2 Å². The fraction of sp³-hybridized carbons (Fsp3) is 0.533. The highest BCUT2D eigenvalue weighted by Gasteiger charge is 2.19. The second kappa shape index (κ2) is 8.32. The molecule has 118 valence electrons. The number of carbonyl (C=O) groups excluding carboxylic acids is 1. The minimum absolute atomic E-state index is 0. The zero-order chi connectivity index (χ0) is 14.5. The van der Waals surface area contributed by atoms with Gasteiger partial charge in [-0.1, -0.05) is 12.1 Å². The molecule has 0 aromatic heterocycles. The topological polar surface area (TPSA) is 44.4 Å². The molecule has 1 aliphatic heterocycles. The van der Waals surface area contributed by atoms with Crippen LogP contribution >= 0.6 is 12.4 Å². The monoisotopic (exact) mass is 315 g/mol. The van der Waals surface area contributed by atoms with Crippen molar-refractivity contribution in [3.05, 3.63) is 35.1 Å². The van der Waals surface area contributed by atoms with Crippen LogP contribution in [-0.4, -0.2) is 43.0 Å². The fourth-order valence-electron chi connectivity index (χ4n) is 2.31. The Morgan fingerprint density at radius 3 is 2.95 bits per heavy atom. The first-order valence-corrected chi connectivity index (χ1v) is 7.03. The maximum Gasteiger partial charge on any atom is 0.234 e. The van der Waals surface area contributed by atoms with Crippen molar-refractivity contribution < 1.29 is 9.18 Å². The third-order valence-electron chi connectivity index (χ3n) is 3.71. The lowest BCUT2D eigenvalue weighted by molar-refractivity contribution is -0.123. The van der Waals surface area contributed by atoms with Gasteiger partial charge >= 0.3 is 0 Å². The van der Waals surface area contributed by atoms with Gasteiger partial charge in [0.25, 0.3) is 0 Å². The molecule has 0 spiro atoms. The van der Waals surface area contributed by atoms with Crippen molar-refractivity contribution in [3.8, 4) is 0 Å². The van der Waals surface area contributed by atoms with Gasteiger partial charge in [-0.2, -0.15) is 0 Å². The highest BCUT2D eigenvalue weighted by atomic mass is 35.5. The van der Waals surface area contributed by atoms with E-state index in [0.717, 1.165) is 25.2 Å². The largest absolute Gasteiger partial charge is 0.351 e. The lowest BCUT2D eigenvalue weighted by Gasteiger charge is -2.33. The standard InChI is InChI=1S/C15H22FN3O.ClH/c1-11-3-4-13(7-14(11)16)9-18-15(20)10-19-6-5-17-8-12(19)2;/h3-4,7,12,17H,5-6,8-10H2,1-2H3,(H,18,20);1H/t12-;/m0./s1. The predicted octanol–water partition coefficient (Wildman–Crippen LogP) is 1.47. The molecule has 2 N–H and O–H groups in total. The molecular weight excluding hydrogens is 293 g/mol. The summed E-state index contributed by atoms with van der Waals surface area (Å²) in [5.74, 6) is -0.243. The molecule has 0 radical (unpaired) electrons. The van der Waals surface area contributed by atoms with Crippen molar-refractivity contribution in [2.24, 2.45) is 0 Å². The molecule has 1 fully saturated rings. The summed E-state index contributed by atoms with van der Waals surface area (Å²) in [5, 5.41) is 6.14. The molecule has 4 nitrogen and oxygen atoms in total. The molecule has 2 rings (SSSR count). The highest BCUT2D eigenvalue weighted by Crippen LogP contribution is 2.09. The Labute approximate surface area is 131 Å². The third kappa shape index (κ3) is 5.26. The molecule has 1 aromatic carbocycles. The number of nitrogens with zero attached hydrogens (tertiary/aromatic N) is 1. The molecular formula is C15H23ClFN3O. The van der Waals surface area contributed by atoms with Crippen LogP contribution in [0, 0.1) is 12.7 Å². The summed E-state index contributed by atoms with van der Waals surface area (Å²) in [6.07, 6.45) is 0. The van der Waals surface area contributed by atoms with E-state index in [2.05, 4.69) is 22.5 Å². The van der Waals surface area contributed by atoms with Gasteiger partial charge < -0.3 is 10.6 Å². The quantitative estimate of drug-likeness (QED) is 0.884. The number of hydrogen-bond acceptors (Lipinski definition) is 3. The van der Waals surface area contributed by atoms with E-state index in [1.54, 1.807) is 13.0 Å². The number of rotatable bonds is 4. The maximum absolute atomic E-state index is 13.4. The van der Waals surface area contributed by atoms with Crippen LogP contribution in [0.1, 0.15) is 18.1 Å². The summed E-state index contributed by atoms with van der Waals surface area (Å²) in [5.41, 5.74) is 1.41. The fourth-order valence-corrected chi connectivity index (χ4v) is 2.31. The van der Waals surface area contributed by atoms with Crippen LogP contribution in [0.4, 0.5) is 4.39 Å². The first-order valence-electron chi connectivity index (χ1n) is 7.03. The predicted molar refractivity (Wildman–Crippen MR) is 84.1 cm³/mol. The molecule has 0 saturated carbocycles.